The number of hydrogen-bond acceptors (Lipinski definition) is 2. The number of aliphatic carboxylic acids is 1. The zero-order chi connectivity index (χ0) is 15.1. The summed E-state index contributed by atoms with van der Waals surface area (Å²) in [5.41, 5.74) is 0.607. The van der Waals surface area contributed by atoms with E-state index in [2.05, 4.69) is 10.6 Å². The molecule has 0 aromatic heterocycles. The third-order valence-corrected chi connectivity index (χ3v) is 3.11. The number of carbonyl (C=O) groups is 2. The molecule has 0 fully saturated rings. The predicted molar refractivity (Wildman–Crippen MR) is 72.7 cm³/mol. The summed E-state index contributed by atoms with van der Waals surface area (Å²) in [5.74, 6) is -1.62. The van der Waals surface area contributed by atoms with Crippen molar-refractivity contribution in [1.29, 1.82) is 0 Å². The third kappa shape index (κ3) is 4.87. The Kier molecular flexibility index (Phi) is 5.96. The molecular formula is C14H19FN2O3. The van der Waals surface area contributed by atoms with Gasteiger partial charge in [-0.2, -0.15) is 0 Å². The molecule has 2 atom stereocenters. The van der Waals surface area contributed by atoms with Crippen LogP contribution in [0, 0.1) is 11.7 Å². The average molecular weight is 282 g/mol. The van der Waals surface area contributed by atoms with E-state index >= 15 is 0 Å². The smallest absolute Gasteiger partial charge is 0.326 e. The fourth-order valence-electron chi connectivity index (χ4n) is 1.70. The molecule has 3 N–H and O–H groups in total. The van der Waals surface area contributed by atoms with E-state index in [9.17, 15) is 14.0 Å². The van der Waals surface area contributed by atoms with Gasteiger partial charge in [-0.3, -0.25) is 0 Å². The Balaban J connectivity index is 2.52. The zero-order valence-electron chi connectivity index (χ0n) is 11.5. The molecule has 0 spiro atoms. The zero-order valence-corrected chi connectivity index (χ0v) is 11.5. The monoisotopic (exact) mass is 282 g/mol. The molecule has 5 nitrogen and oxygen atoms in total. The summed E-state index contributed by atoms with van der Waals surface area (Å²) >= 11 is 0. The van der Waals surface area contributed by atoms with Crippen LogP contribution in [0.4, 0.5) is 9.18 Å². The van der Waals surface area contributed by atoms with Crippen LogP contribution in [0.3, 0.4) is 0 Å². The van der Waals surface area contributed by atoms with Gasteiger partial charge in [-0.05, 0) is 23.6 Å². The second kappa shape index (κ2) is 7.47. The Morgan fingerprint density at radius 1 is 1.40 bits per heavy atom. The SMILES string of the molecule is CCC(C)[C@H](NC(=O)NCc1cccc(F)c1)C(=O)O. The summed E-state index contributed by atoms with van der Waals surface area (Å²) < 4.78 is 13.0. The summed E-state index contributed by atoms with van der Waals surface area (Å²) in [6.45, 7) is 3.75. The van der Waals surface area contributed by atoms with Crippen molar-refractivity contribution in [1.82, 2.24) is 10.6 Å². The van der Waals surface area contributed by atoms with Crippen LogP contribution in [0.1, 0.15) is 25.8 Å². The quantitative estimate of drug-likeness (QED) is 0.748. The van der Waals surface area contributed by atoms with Gasteiger partial charge in [0.25, 0.3) is 0 Å². The van der Waals surface area contributed by atoms with Crippen LogP contribution in [0.5, 0.6) is 0 Å². The molecular weight excluding hydrogens is 263 g/mol. The highest BCUT2D eigenvalue weighted by molar-refractivity contribution is 5.82. The average Bonchev–Trinajstić information content (AvgIpc) is 2.41. The van der Waals surface area contributed by atoms with Gasteiger partial charge in [0.2, 0.25) is 0 Å². The number of carboxylic acids is 1. The molecule has 0 saturated heterocycles. The normalized spacial score (nSPS) is 13.3. The number of carbonyl (C=O) groups excluding carboxylic acids is 1. The van der Waals surface area contributed by atoms with Crippen molar-refractivity contribution in [3.05, 3.63) is 35.6 Å². The Labute approximate surface area is 117 Å². The Morgan fingerprint density at radius 3 is 2.65 bits per heavy atom. The first-order valence-corrected chi connectivity index (χ1v) is 6.45. The summed E-state index contributed by atoms with van der Waals surface area (Å²) in [6, 6.07) is 4.32. The second-order valence-electron chi connectivity index (χ2n) is 4.66. The number of amides is 2. The maximum Gasteiger partial charge on any atom is 0.326 e. The van der Waals surface area contributed by atoms with Crippen LogP contribution in [-0.2, 0) is 11.3 Å². The van der Waals surface area contributed by atoms with Crippen molar-refractivity contribution >= 4 is 12.0 Å². The second-order valence-corrected chi connectivity index (χ2v) is 4.66. The molecule has 1 aromatic carbocycles. The van der Waals surface area contributed by atoms with Gasteiger partial charge in [-0.15, -0.1) is 0 Å². The van der Waals surface area contributed by atoms with Crippen molar-refractivity contribution in [2.24, 2.45) is 5.92 Å². The van der Waals surface area contributed by atoms with Gasteiger partial charge in [0.05, 0.1) is 0 Å². The van der Waals surface area contributed by atoms with Gasteiger partial charge in [0.15, 0.2) is 0 Å². The maximum absolute atomic E-state index is 13.0. The predicted octanol–water partition coefficient (Wildman–Crippen LogP) is 2.12. The van der Waals surface area contributed by atoms with Crippen molar-refractivity contribution in [3.63, 3.8) is 0 Å². The van der Waals surface area contributed by atoms with Gasteiger partial charge in [-0.25, -0.2) is 14.0 Å². The van der Waals surface area contributed by atoms with E-state index in [4.69, 9.17) is 5.11 Å². The number of nitrogens with one attached hydrogen (secondary N) is 2. The van der Waals surface area contributed by atoms with Gasteiger partial charge in [0.1, 0.15) is 11.9 Å². The number of urea groups is 1. The van der Waals surface area contributed by atoms with Crippen LogP contribution < -0.4 is 10.6 Å². The molecule has 1 aromatic rings. The van der Waals surface area contributed by atoms with E-state index in [1.54, 1.807) is 19.1 Å². The number of carboxylic acid groups (broad SMARTS) is 1. The minimum absolute atomic E-state index is 0.135. The fourth-order valence-corrected chi connectivity index (χ4v) is 1.70. The summed E-state index contributed by atoms with van der Waals surface area (Å²) in [7, 11) is 0. The lowest BCUT2D eigenvalue weighted by Gasteiger charge is -2.20. The molecule has 1 rings (SSSR count). The van der Waals surface area contributed by atoms with Crippen LogP contribution in [-0.4, -0.2) is 23.1 Å². The summed E-state index contributed by atoms with van der Waals surface area (Å²) in [5, 5.41) is 14.0. The van der Waals surface area contributed by atoms with E-state index in [0.717, 1.165) is 0 Å². The fraction of sp³-hybridized carbons (Fsp3) is 0.429. The van der Waals surface area contributed by atoms with E-state index in [1.165, 1.54) is 12.1 Å². The molecule has 0 saturated carbocycles. The first-order valence-electron chi connectivity index (χ1n) is 6.45. The van der Waals surface area contributed by atoms with E-state index in [1.807, 2.05) is 6.92 Å². The maximum atomic E-state index is 13.0. The molecule has 0 aliphatic carbocycles. The molecule has 110 valence electrons. The summed E-state index contributed by atoms with van der Waals surface area (Å²) in [6.07, 6.45) is 0.640. The molecule has 6 heteroatoms. The van der Waals surface area contributed by atoms with Crippen molar-refractivity contribution in [2.45, 2.75) is 32.9 Å². The van der Waals surface area contributed by atoms with Crippen molar-refractivity contribution in [3.8, 4) is 0 Å². The minimum atomic E-state index is -1.07. The first kappa shape index (κ1) is 15.9. The molecule has 2 amide bonds. The summed E-state index contributed by atoms with van der Waals surface area (Å²) in [4.78, 5) is 22.7. The lowest BCUT2D eigenvalue weighted by Crippen LogP contribution is -2.48. The molecule has 1 unspecified atom stereocenters. The van der Waals surface area contributed by atoms with Crippen LogP contribution in [0.2, 0.25) is 0 Å². The van der Waals surface area contributed by atoms with Gasteiger partial charge < -0.3 is 15.7 Å². The van der Waals surface area contributed by atoms with Gasteiger partial charge in [0, 0.05) is 6.54 Å². The standard InChI is InChI=1S/C14H19FN2O3/c1-3-9(2)12(13(18)19)17-14(20)16-8-10-5-4-6-11(15)7-10/h4-7,9,12H,3,8H2,1-2H3,(H,18,19)(H2,16,17,20)/t9?,12-/m0/s1. The van der Waals surface area contributed by atoms with E-state index in [0.29, 0.717) is 12.0 Å². The van der Waals surface area contributed by atoms with Crippen LogP contribution >= 0.6 is 0 Å². The highest BCUT2D eigenvalue weighted by Gasteiger charge is 2.24. The molecule has 0 aliphatic rings. The third-order valence-electron chi connectivity index (χ3n) is 3.11. The Morgan fingerprint density at radius 2 is 2.10 bits per heavy atom. The Hall–Kier alpha value is -2.11. The lowest BCUT2D eigenvalue weighted by molar-refractivity contribution is -0.140. The largest absolute Gasteiger partial charge is 0.480 e. The number of rotatable bonds is 6. The van der Waals surface area contributed by atoms with E-state index in [-0.39, 0.29) is 18.3 Å². The Bertz CT molecular complexity index is 479. The molecule has 0 heterocycles. The minimum Gasteiger partial charge on any atom is -0.480 e. The lowest BCUT2D eigenvalue weighted by atomic mass is 9.99. The van der Waals surface area contributed by atoms with Crippen LogP contribution in [0.25, 0.3) is 0 Å². The molecule has 0 bridgehead atoms. The van der Waals surface area contributed by atoms with Crippen molar-refractivity contribution < 1.29 is 19.1 Å². The molecule has 0 radical (unpaired) electrons. The number of hydrogen-bond donors (Lipinski definition) is 3. The molecule has 20 heavy (non-hydrogen) atoms. The highest BCUT2D eigenvalue weighted by atomic mass is 19.1. The topological polar surface area (TPSA) is 78.4 Å². The van der Waals surface area contributed by atoms with Crippen LogP contribution in [0.15, 0.2) is 24.3 Å². The number of benzene rings is 1. The van der Waals surface area contributed by atoms with Gasteiger partial charge >= 0.3 is 12.0 Å². The first-order chi connectivity index (χ1) is 9.43. The molecule has 0 aliphatic heterocycles. The van der Waals surface area contributed by atoms with Crippen molar-refractivity contribution in [2.75, 3.05) is 0 Å². The number of halogens is 1. The highest BCUT2D eigenvalue weighted by Crippen LogP contribution is 2.08. The van der Waals surface area contributed by atoms with E-state index < -0.39 is 18.0 Å². The van der Waals surface area contributed by atoms with Gasteiger partial charge in [-0.1, -0.05) is 32.4 Å².